The maximum absolute atomic E-state index is 12.0. The zero-order chi connectivity index (χ0) is 17.6. The van der Waals surface area contributed by atoms with Crippen LogP contribution in [-0.2, 0) is 14.3 Å². The van der Waals surface area contributed by atoms with Gasteiger partial charge in [0.2, 0.25) is 0 Å². The first-order valence-electron chi connectivity index (χ1n) is 9.10. The number of allylic oxidation sites excluding steroid dienone is 7. The molecule has 0 heterocycles. The Morgan fingerprint density at radius 2 is 2.00 bits per heavy atom. The Hall–Kier alpha value is -1.86. The lowest BCUT2D eigenvalue weighted by Gasteiger charge is -2.05. The Morgan fingerprint density at radius 3 is 2.71 bits per heavy atom. The van der Waals surface area contributed by atoms with E-state index in [1.54, 1.807) is 12.0 Å². The number of ketones is 1. The van der Waals surface area contributed by atoms with E-state index in [1.807, 2.05) is 12.2 Å². The highest BCUT2D eigenvalue weighted by Crippen LogP contribution is 2.24. The highest BCUT2D eigenvalue weighted by atomic mass is 16.5. The summed E-state index contributed by atoms with van der Waals surface area (Å²) >= 11 is 0. The zero-order valence-corrected chi connectivity index (χ0v) is 15.1. The monoisotopic (exact) mass is 330 g/mol. The van der Waals surface area contributed by atoms with Gasteiger partial charge >= 0.3 is 0 Å². The van der Waals surface area contributed by atoms with Crippen LogP contribution >= 0.6 is 0 Å². The second kappa shape index (κ2) is 12.5. The summed E-state index contributed by atoms with van der Waals surface area (Å²) in [5.41, 5.74) is 0.887. The lowest BCUT2D eigenvalue weighted by Crippen LogP contribution is -2.00. The average molecular weight is 330 g/mol. The summed E-state index contributed by atoms with van der Waals surface area (Å²) in [4.78, 5) is 22.5. The van der Waals surface area contributed by atoms with Gasteiger partial charge in [0.1, 0.15) is 0 Å². The van der Waals surface area contributed by atoms with Gasteiger partial charge in [0.15, 0.2) is 17.5 Å². The van der Waals surface area contributed by atoms with Crippen molar-refractivity contribution in [3.8, 4) is 0 Å². The van der Waals surface area contributed by atoms with Crippen LogP contribution in [0.15, 0.2) is 41.7 Å². The summed E-state index contributed by atoms with van der Waals surface area (Å²) in [6.45, 7) is 2.22. The van der Waals surface area contributed by atoms with Crippen molar-refractivity contribution in [3.63, 3.8) is 0 Å². The predicted molar refractivity (Wildman–Crippen MR) is 98.3 cm³/mol. The number of methoxy groups -OCH3 is 1. The third-order valence-electron chi connectivity index (χ3n) is 4.25. The largest absolute Gasteiger partial charge is 0.490 e. The van der Waals surface area contributed by atoms with E-state index in [0.29, 0.717) is 12.2 Å². The van der Waals surface area contributed by atoms with E-state index in [4.69, 9.17) is 4.74 Å². The molecule has 1 atom stereocenters. The van der Waals surface area contributed by atoms with Gasteiger partial charge in [-0.25, -0.2) is 4.79 Å². The van der Waals surface area contributed by atoms with E-state index in [-0.39, 0.29) is 11.7 Å². The van der Waals surface area contributed by atoms with Crippen LogP contribution < -0.4 is 0 Å². The van der Waals surface area contributed by atoms with Gasteiger partial charge in [-0.15, -0.1) is 0 Å². The lowest BCUT2D eigenvalue weighted by molar-refractivity contribution is -0.111. The van der Waals surface area contributed by atoms with Gasteiger partial charge in [-0.2, -0.15) is 0 Å². The summed E-state index contributed by atoms with van der Waals surface area (Å²) in [5.74, 6) is 2.42. The number of hydrogen-bond acceptors (Lipinski definition) is 3. The molecule has 0 aromatic heterocycles. The van der Waals surface area contributed by atoms with Crippen LogP contribution in [0.5, 0.6) is 0 Å². The number of carbonyl (C=O) groups excluding carboxylic acids is 2. The van der Waals surface area contributed by atoms with Crippen LogP contribution in [0.4, 0.5) is 0 Å². The fraction of sp³-hybridized carbons (Fsp3) is 0.571. The molecular formula is C21H30O3. The second-order valence-corrected chi connectivity index (χ2v) is 6.16. The Morgan fingerprint density at radius 1 is 1.21 bits per heavy atom. The number of ether oxygens (including phenoxy) is 1. The first kappa shape index (κ1) is 20.2. The summed E-state index contributed by atoms with van der Waals surface area (Å²) < 4.78 is 4.90. The molecule has 0 radical (unpaired) electrons. The average Bonchev–Trinajstić information content (AvgIpc) is 2.94. The minimum absolute atomic E-state index is 0.126. The van der Waals surface area contributed by atoms with Crippen molar-refractivity contribution in [1.29, 1.82) is 0 Å². The van der Waals surface area contributed by atoms with Gasteiger partial charge in [-0.1, -0.05) is 50.5 Å². The van der Waals surface area contributed by atoms with Crippen LogP contribution in [0.1, 0.15) is 64.7 Å². The molecule has 0 amide bonds. The van der Waals surface area contributed by atoms with Crippen molar-refractivity contribution in [2.45, 2.75) is 64.7 Å². The summed E-state index contributed by atoms with van der Waals surface area (Å²) in [5, 5.41) is 0. The minimum Gasteiger partial charge on any atom is -0.490 e. The molecule has 0 aromatic rings. The van der Waals surface area contributed by atoms with E-state index in [0.717, 1.165) is 31.3 Å². The van der Waals surface area contributed by atoms with Gasteiger partial charge < -0.3 is 4.74 Å². The number of carbonyl (C=O) groups is 1. The third-order valence-corrected chi connectivity index (χ3v) is 4.25. The maximum Gasteiger partial charge on any atom is 0.182 e. The Kier molecular flexibility index (Phi) is 10.6. The minimum atomic E-state index is 0.126. The molecule has 1 rings (SSSR count). The van der Waals surface area contributed by atoms with Crippen molar-refractivity contribution in [2.75, 3.05) is 7.11 Å². The molecule has 0 spiro atoms. The van der Waals surface area contributed by atoms with E-state index < -0.39 is 0 Å². The standard InChI is InChI=1S/C21H30O3/c1-3-4-5-6-7-9-12-18-15-16-21(23)20(18)14-11-8-10-13-19(17-22)24-2/h9,12,14-16,18H,3-8,10-11,13H2,1-2H3. The molecule has 3 nitrogen and oxygen atoms in total. The van der Waals surface area contributed by atoms with Crippen molar-refractivity contribution in [3.05, 3.63) is 41.7 Å². The number of hydrogen-bond donors (Lipinski definition) is 0. The van der Waals surface area contributed by atoms with E-state index in [1.165, 1.54) is 32.8 Å². The Labute approximate surface area is 146 Å². The molecule has 1 unspecified atom stereocenters. The van der Waals surface area contributed by atoms with Crippen LogP contribution in [0.2, 0.25) is 0 Å². The fourth-order valence-electron chi connectivity index (χ4n) is 2.77. The Balaban J connectivity index is 2.36. The molecule has 0 aromatic carbocycles. The smallest absolute Gasteiger partial charge is 0.182 e. The molecule has 0 aliphatic heterocycles. The molecule has 132 valence electrons. The maximum atomic E-state index is 12.0. The SMILES string of the molecule is CCCCCCC=CC1C=CC(=O)C1=CCCCCC(=C=O)OC. The zero-order valence-electron chi connectivity index (χ0n) is 15.1. The van der Waals surface area contributed by atoms with E-state index >= 15 is 0 Å². The van der Waals surface area contributed by atoms with Gasteiger partial charge in [-0.3, -0.25) is 4.79 Å². The first-order chi connectivity index (χ1) is 11.7. The van der Waals surface area contributed by atoms with Crippen molar-refractivity contribution in [2.24, 2.45) is 5.92 Å². The van der Waals surface area contributed by atoms with Crippen molar-refractivity contribution >= 4 is 11.7 Å². The van der Waals surface area contributed by atoms with Gasteiger partial charge in [0.25, 0.3) is 0 Å². The molecule has 0 saturated heterocycles. The van der Waals surface area contributed by atoms with Gasteiger partial charge in [0, 0.05) is 17.9 Å². The van der Waals surface area contributed by atoms with Crippen LogP contribution in [-0.4, -0.2) is 18.8 Å². The number of rotatable bonds is 12. The fourth-order valence-corrected chi connectivity index (χ4v) is 2.77. The van der Waals surface area contributed by atoms with Crippen molar-refractivity contribution < 1.29 is 14.3 Å². The molecule has 0 saturated carbocycles. The van der Waals surface area contributed by atoms with Gasteiger partial charge in [-0.05, 0) is 38.2 Å². The lowest BCUT2D eigenvalue weighted by atomic mass is 9.98. The van der Waals surface area contributed by atoms with Crippen LogP contribution in [0, 0.1) is 5.92 Å². The van der Waals surface area contributed by atoms with Gasteiger partial charge in [0.05, 0.1) is 7.11 Å². The topological polar surface area (TPSA) is 43.4 Å². The number of unbranched alkanes of at least 4 members (excludes halogenated alkanes) is 6. The molecular weight excluding hydrogens is 300 g/mol. The highest BCUT2D eigenvalue weighted by Gasteiger charge is 2.19. The van der Waals surface area contributed by atoms with Crippen LogP contribution in [0.3, 0.4) is 0 Å². The quantitative estimate of drug-likeness (QED) is 0.164. The first-order valence-corrected chi connectivity index (χ1v) is 9.10. The summed E-state index contributed by atoms with van der Waals surface area (Å²) in [6.07, 6.45) is 19.4. The molecule has 3 heteroatoms. The summed E-state index contributed by atoms with van der Waals surface area (Å²) in [7, 11) is 1.49. The highest BCUT2D eigenvalue weighted by molar-refractivity contribution is 6.07. The molecule has 0 N–H and O–H groups in total. The van der Waals surface area contributed by atoms with E-state index in [9.17, 15) is 9.59 Å². The van der Waals surface area contributed by atoms with Crippen LogP contribution in [0.25, 0.3) is 0 Å². The molecule has 1 aliphatic carbocycles. The third kappa shape index (κ3) is 7.61. The van der Waals surface area contributed by atoms with Crippen molar-refractivity contribution in [1.82, 2.24) is 0 Å². The predicted octanol–water partition coefficient (Wildman–Crippen LogP) is 5.12. The molecule has 24 heavy (non-hydrogen) atoms. The normalized spacial score (nSPS) is 18.5. The molecule has 0 fully saturated rings. The molecule has 0 bridgehead atoms. The summed E-state index contributed by atoms with van der Waals surface area (Å²) in [6, 6.07) is 0. The molecule has 1 aliphatic rings. The Bertz CT molecular complexity index is 519. The van der Waals surface area contributed by atoms with E-state index in [2.05, 4.69) is 19.1 Å². The second-order valence-electron chi connectivity index (χ2n) is 6.16.